The maximum absolute atomic E-state index is 12.7. The molecule has 1 aromatic heterocycles. The smallest absolute Gasteiger partial charge is 0.409 e. The van der Waals surface area contributed by atoms with Crippen molar-refractivity contribution in [2.75, 3.05) is 37.7 Å². The van der Waals surface area contributed by atoms with Crippen molar-refractivity contribution >= 4 is 17.8 Å². The second kappa shape index (κ2) is 9.71. The number of aromatic nitrogens is 2. The SMILES string of the molecule is CCOC(=O)N1CCN(c2cc(C(=O)NC3CCCCCC3)nc(C)n2)CC1. The molecule has 3 rings (SSSR count). The fourth-order valence-electron chi connectivity index (χ4n) is 3.85. The van der Waals surface area contributed by atoms with Crippen molar-refractivity contribution < 1.29 is 14.3 Å². The molecule has 1 saturated heterocycles. The van der Waals surface area contributed by atoms with Crippen molar-refractivity contribution in [1.29, 1.82) is 0 Å². The first kappa shape index (κ1) is 20.4. The first-order valence-electron chi connectivity index (χ1n) is 10.4. The average Bonchev–Trinajstić information content (AvgIpc) is 2.96. The third kappa shape index (κ3) is 5.33. The molecule has 2 aliphatic rings. The van der Waals surface area contributed by atoms with E-state index >= 15 is 0 Å². The number of nitrogens with one attached hydrogen (secondary N) is 1. The topological polar surface area (TPSA) is 87.7 Å². The van der Waals surface area contributed by atoms with Crippen LogP contribution in [0.15, 0.2) is 6.07 Å². The molecule has 0 atom stereocenters. The van der Waals surface area contributed by atoms with Crippen molar-refractivity contribution in [2.24, 2.45) is 0 Å². The fraction of sp³-hybridized carbons (Fsp3) is 0.700. The standard InChI is InChI=1S/C20H31N5O3/c1-3-28-20(27)25-12-10-24(11-13-25)18-14-17(21-15(2)22-18)19(26)23-16-8-6-4-5-7-9-16/h14,16H,3-13H2,1-2H3,(H,23,26). The fourth-order valence-corrected chi connectivity index (χ4v) is 3.85. The highest BCUT2D eigenvalue weighted by molar-refractivity contribution is 5.93. The number of anilines is 1. The van der Waals surface area contributed by atoms with Gasteiger partial charge in [-0.15, -0.1) is 0 Å². The van der Waals surface area contributed by atoms with Crippen LogP contribution in [0.25, 0.3) is 0 Å². The summed E-state index contributed by atoms with van der Waals surface area (Å²) < 4.78 is 5.06. The molecule has 28 heavy (non-hydrogen) atoms. The first-order valence-corrected chi connectivity index (χ1v) is 10.4. The number of hydrogen-bond donors (Lipinski definition) is 1. The van der Waals surface area contributed by atoms with Gasteiger partial charge in [-0.2, -0.15) is 0 Å². The van der Waals surface area contributed by atoms with E-state index in [0.717, 1.165) is 18.7 Å². The predicted octanol–water partition coefficient (Wildman–Crippen LogP) is 2.52. The van der Waals surface area contributed by atoms with Crippen molar-refractivity contribution in [3.05, 3.63) is 17.6 Å². The molecule has 0 radical (unpaired) electrons. The van der Waals surface area contributed by atoms with Gasteiger partial charge >= 0.3 is 6.09 Å². The van der Waals surface area contributed by atoms with Crippen molar-refractivity contribution in [2.45, 2.75) is 58.4 Å². The van der Waals surface area contributed by atoms with E-state index in [4.69, 9.17) is 4.74 Å². The van der Waals surface area contributed by atoms with Crippen LogP contribution >= 0.6 is 0 Å². The highest BCUT2D eigenvalue weighted by atomic mass is 16.6. The summed E-state index contributed by atoms with van der Waals surface area (Å²) in [5.41, 5.74) is 0.416. The summed E-state index contributed by atoms with van der Waals surface area (Å²) in [5, 5.41) is 3.15. The number of hydrogen-bond acceptors (Lipinski definition) is 6. The predicted molar refractivity (Wildman–Crippen MR) is 107 cm³/mol. The molecule has 2 heterocycles. The van der Waals surface area contributed by atoms with E-state index < -0.39 is 0 Å². The Balaban J connectivity index is 1.63. The molecule has 1 aliphatic carbocycles. The second-order valence-electron chi connectivity index (χ2n) is 7.49. The number of carbonyl (C=O) groups is 2. The molecule has 2 fully saturated rings. The van der Waals surface area contributed by atoms with E-state index in [-0.39, 0.29) is 18.0 Å². The Bertz CT molecular complexity index is 680. The summed E-state index contributed by atoms with van der Waals surface area (Å²) in [6, 6.07) is 2.00. The van der Waals surface area contributed by atoms with Gasteiger partial charge < -0.3 is 19.9 Å². The van der Waals surface area contributed by atoms with Gasteiger partial charge in [0.15, 0.2) is 0 Å². The molecular weight excluding hydrogens is 358 g/mol. The van der Waals surface area contributed by atoms with E-state index in [9.17, 15) is 9.59 Å². The third-order valence-electron chi connectivity index (χ3n) is 5.38. The van der Waals surface area contributed by atoms with Gasteiger partial charge in [0.2, 0.25) is 0 Å². The lowest BCUT2D eigenvalue weighted by Gasteiger charge is -2.34. The van der Waals surface area contributed by atoms with Crippen LogP contribution in [0.5, 0.6) is 0 Å². The van der Waals surface area contributed by atoms with Gasteiger partial charge in [0.1, 0.15) is 17.3 Å². The highest BCUT2D eigenvalue weighted by Gasteiger charge is 2.24. The normalized spacial score (nSPS) is 18.5. The van der Waals surface area contributed by atoms with Crippen LogP contribution in [0.3, 0.4) is 0 Å². The van der Waals surface area contributed by atoms with Gasteiger partial charge in [-0.1, -0.05) is 25.7 Å². The van der Waals surface area contributed by atoms with Crippen LogP contribution in [0, 0.1) is 6.92 Å². The van der Waals surface area contributed by atoms with E-state index in [1.165, 1.54) is 25.7 Å². The van der Waals surface area contributed by atoms with Gasteiger partial charge in [0.25, 0.3) is 5.91 Å². The molecule has 1 aromatic rings. The summed E-state index contributed by atoms with van der Waals surface area (Å²) in [6.45, 7) is 6.44. The molecule has 154 valence electrons. The Kier molecular flexibility index (Phi) is 7.06. The van der Waals surface area contributed by atoms with Crippen LogP contribution in [0.1, 0.15) is 61.8 Å². The van der Waals surface area contributed by atoms with E-state index in [0.29, 0.717) is 44.3 Å². The number of ether oxygens (including phenoxy) is 1. The molecule has 1 aliphatic heterocycles. The molecule has 1 N–H and O–H groups in total. The molecule has 1 saturated carbocycles. The largest absolute Gasteiger partial charge is 0.450 e. The summed E-state index contributed by atoms with van der Waals surface area (Å²) in [7, 11) is 0. The van der Waals surface area contributed by atoms with Gasteiger partial charge in [0.05, 0.1) is 6.61 Å². The minimum absolute atomic E-state index is 0.121. The van der Waals surface area contributed by atoms with Crippen LogP contribution < -0.4 is 10.2 Å². The Morgan fingerprint density at radius 1 is 1.11 bits per heavy atom. The van der Waals surface area contributed by atoms with E-state index in [1.54, 1.807) is 24.8 Å². The van der Waals surface area contributed by atoms with Crippen molar-refractivity contribution in [3.63, 3.8) is 0 Å². The Morgan fingerprint density at radius 2 is 1.79 bits per heavy atom. The summed E-state index contributed by atoms with van der Waals surface area (Å²) in [5.74, 6) is 1.20. The Hall–Kier alpha value is -2.38. The number of amides is 2. The van der Waals surface area contributed by atoms with Crippen LogP contribution in [-0.2, 0) is 4.74 Å². The Labute approximate surface area is 166 Å². The minimum Gasteiger partial charge on any atom is -0.450 e. The number of nitrogens with zero attached hydrogens (tertiary/aromatic N) is 4. The second-order valence-corrected chi connectivity index (χ2v) is 7.49. The van der Waals surface area contributed by atoms with E-state index in [1.807, 2.05) is 0 Å². The minimum atomic E-state index is -0.274. The quantitative estimate of drug-likeness (QED) is 0.796. The lowest BCUT2D eigenvalue weighted by molar-refractivity contribution is 0.0927. The summed E-state index contributed by atoms with van der Waals surface area (Å²) in [4.78, 5) is 37.2. The summed E-state index contributed by atoms with van der Waals surface area (Å²) >= 11 is 0. The van der Waals surface area contributed by atoms with Gasteiger partial charge in [0, 0.05) is 38.3 Å². The summed E-state index contributed by atoms with van der Waals surface area (Å²) in [6.07, 6.45) is 6.65. The zero-order valence-electron chi connectivity index (χ0n) is 16.9. The highest BCUT2D eigenvalue weighted by Crippen LogP contribution is 2.19. The first-order chi connectivity index (χ1) is 13.6. The van der Waals surface area contributed by atoms with E-state index in [2.05, 4.69) is 20.2 Å². The van der Waals surface area contributed by atoms with Crippen LogP contribution in [0.4, 0.5) is 10.6 Å². The number of aryl methyl sites for hydroxylation is 1. The molecule has 0 bridgehead atoms. The number of rotatable bonds is 4. The maximum atomic E-state index is 12.7. The lowest BCUT2D eigenvalue weighted by atomic mass is 10.1. The molecule has 0 spiro atoms. The lowest BCUT2D eigenvalue weighted by Crippen LogP contribution is -2.49. The van der Waals surface area contributed by atoms with Crippen LogP contribution in [0.2, 0.25) is 0 Å². The molecule has 8 heteroatoms. The Morgan fingerprint density at radius 3 is 2.43 bits per heavy atom. The van der Waals surface area contributed by atoms with Crippen molar-refractivity contribution in [1.82, 2.24) is 20.2 Å². The molecule has 8 nitrogen and oxygen atoms in total. The zero-order chi connectivity index (χ0) is 19.9. The van der Waals surface area contributed by atoms with Gasteiger partial charge in [-0.3, -0.25) is 4.79 Å². The molecule has 0 aromatic carbocycles. The van der Waals surface area contributed by atoms with Gasteiger partial charge in [-0.25, -0.2) is 14.8 Å². The molecule has 0 unspecified atom stereocenters. The van der Waals surface area contributed by atoms with Crippen molar-refractivity contribution in [3.8, 4) is 0 Å². The van der Waals surface area contributed by atoms with Crippen LogP contribution in [-0.4, -0.2) is 65.7 Å². The molecule has 2 amide bonds. The third-order valence-corrected chi connectivity index (χ3v) is 5.38. The average molecular weight is 390 g/mol. The van der Waals surface area contributed by atoms with Gasteiger partial charge in [-0.05, 0) is 26.7 Å². The zero-order valence-corrected chi connectivity index (χ0v) is 16.9. The monoisotopic (exact) mass is 389 g/mol. The molecular formula is C20H31N5O3. The number of piperazine rings is 1. The maximum Gasteiger partial charge on any atom is 0.409 e. The number of carbonyl (C=O) groups excluding carboxylic acids is 2.